The molecular formula is C17H16N4O. The highest BCUT2D eigenvalue weighted by molar-refractivity contribution is 5.94. The minimum absolute atomic E-state index is 0.0869. The number of carbonyl (C=O) groups is 1. The van der Waals surface area contributed by atoms with E-state index in [2.05, 4.69) is 15.4 Å². The average molecular weight is 292 g/mol. The monoisotopic (exact) mass is 292 g/mol. The van der Waals surface area contributed by atoms with E-state index in [9.17, 15) is 4.79 Å². The highest BCUT2D eigenvalue weighted by atomic mass is 16.1. The van der Waals surface area contributed by atoms with Crippen molar-refractivity contribution in [2.75, 3.05) is 0 Å². The molecule has 5 heteroatoms. The van der Waals surface area contributed by atoms with Crippen molar-refractivity contribution in [3.63, 3.8) is 0 Å². The molecule has 110 valence electrons. The quantitative estimate of drug-likeness (QED) is 0.803. The average Bonchev–Trinajstić information content (AvgIpc) is 3.08. The first-order chi connectivity index (χ1) is 10.7. The summed E-state index contributed by atoms with van der Waals surface area (Å²) in [5.41, 5.74) is 2.73. The maximum Gasteiger partial charge on any atom is 0.251 e. The van der Waals surface area contributed by atoms with Gasteiger partial charge >= 0.3 is 0 Å². The molecule has 0 radical (unpaired) electrons. The number of hydrogen-bond donors (Lipinski definition) is 1. The van der Waals surface area contributed by atoms with Crippen molar-refractivity contribution in [3.8, 4) is 5.82 Å². The van der Waals surface area contributed by atoms with E-state index in [4.69, 9.17) is 0 Å². The Morgan fingerprint density at radius 1 is 1.18 bits per heavy atom. The molecule has 1 N–H and O–H groups in total. The van der Waals surface area contributed by atoms with E-state index in [1.165, 1.54) is 0 Å². The Hall–Kier alpha value is -2.95. The van der Waals surface area contributed by atoms with Crippen LogP contribution in [-0.4, -0.2) is 20.7 Å². The van der Waals surface area contributed by atoms with Gasteiger partial charge in [-0.1, -0.05) is 23.8 Å². The molecule has 0 aliphatic carbocycles. The number of carbonyl (C=O) groups excluding carboxylic acids is 1. The molecule has 0 aliphatic rings. The van der Waals surface area contributed by atoms with E-state index in [1.807, 2.05) is 55.6 Å². The third kappa shape index (κ3) is 3.20. The number of benzene rings is 1. The number of aryl methyl sites for hydroxylation is 1. The molecule has 2 heterocycles. The van der Waals surface area contributed by atoms with Crippen LogP contribution in [0.2, 0.25) is 0 Å². The van der Waals surface area contributed by atoms with Gasteiger partial charge < -0.3 is 5.32 Å². The van der Waals surface area contributed by atoms with Crippen LogP contribution in [0.4, 0.5) is 0 Å². The first kappa shape index (κ1) is 14.0. The topological polar surface area (TPSA) is 59.8 Å². The van der Waals surface area contributed by atoms with Gasteiger partial charge in [0.1, 0.15) is 0 Å². The minimum atomic E-state index is -0.0869. The standard InChI is InChI=1S/C17H16N4O/c1-13-3-6-15(7-4-13)17(22)19-12-14-5-8-16(18-11-14)21-10-2-9-20-21/h2-11H,12H2,1H3,(H,19,22). The third-order valence-electron chi connectivity index (χ3n) is 3.32. The van der Waals surface area contributed by atoms with Crippen LogP contribution in [0.3, 0.4) is 0 Å². The maximum absolute atomic E-state index is 12.0. The minimum Gasteiger partial charge on any atom is -0.348 e. The predicted molar refractivity (Wildman–Crippen MR) is 83.7 cm³/mol. The highest BCUT2D eigenvalue weighted by Gasteiger charge is 2.05. The summed E-state index contributed by atoms with van der Waals surface area (Å²) in [6, 6.07) is 13.1. The van der Waals surface area contributed by atoms with Crippen molar-refractivity contribution >= 4 is 5.91 Å². The molecule has 0 spiro atoms. The lowest BCUT2D eigenvalue weighted by molar-refractivity contribution is 0.0951. The molecule has 1 amide bonds. The first-order valence-electron chi connectivity index (χ1n) is 7.02. The number of amides is 1. The van der Waals surface area contributed by atoms with Crippen LogP contribution in [0.15, 0.2) is 61.1 Å². The van der Waals surface area contributed by atoms with Gasteiger partial charge in [-0.25, -0.2) is 9.67 Å². The summed E-state index contributed by atoms with van der Waals surface area (Å²) in [6.07, 6.45) is 5.28. The van der Waals surface area contributed by atoms with E-state index in [0.717, 1.165) is 16.9 Å². The zero-order valence-corrected chi connectivity index (χ0v) is 12.2. The van der Waals surface area contributed by atoms with Gasteiger partial charge in [-0.05, 0) is 36.8 Å². The van der Waals surface area contributed by atoms with Gasteiger partial charge in [0.25, 0.3) is 5.91 Å². The smallest absolute Gasteiger partial charge is 0.251 e. The van der Waals surface area contributed by atoms with Crippen LogP contribution in [-0.2, 0) is 6.54 Å². The van der Waals surface area contributed by atoms with E-state index < -0.39 is 0 Å². The van der Waals surface area contributed by atoms with Gasteiger partial charge in [0.05, 0.1) is 0 Å². The molecule has 5 nitrogen and oxygen atoms in total. The Bertz CT molecular complexity index is 746. The van der Waals surface area contributed by atoms with E-state index in [-0.39, 0.29) is 5.91 Å². The summed E-state index contributed by atoms with van der Waals surface area (Å²) in [7, 11) is 0. The van der Waals surface area contributed by atoms with Gasteiger partial charge in [-0.2, -0.15) is 5.10 Å². The molecule has 3 aromatic rings. The maximum atomic E-state index is 12.0. The number of nitrogens with one attached hydrogen (secondary N) is 1. The summed E-state index contributed by atoms with van der Waals surface area (Å²) >= 11 is 0. The van der Waals surface area contributed by atoms with Crippen LogP contribution < -0.4 is 5.32 Å². The van der Waals surface area contributed by atoms with Gasteiger partial charge in [0.2, 0.25) is 0 Å². The summed E-state index contributed by atoms with van der Waals surface area (Å²) in [5.74, 6) is 0.662. The fraction of sp³-hybridized carbons (Fsp3) is 0.118. The molecular weight excluding hydrogens is 276 g/mol. The molecule has 1 aromatic carbocycles. The number of pyridine rings is 1. The lowest BCUT2D eigenvalue weighted by Gasteiger charge is -2.06. The van der Waals surface area contributed by atoms with Gasteiger partial charge in [0, 0.05) is 30.7 Å². The zero-order chi connectivity index (χ0) is 15.4. The second kappa shape index (κ2) is 6.22. The lowest BCUT2D eigenvalue weighted by Crippen LogP contribution is -2.22. The van der Waals surface area contributed by atoms with E-state index >= 15 is 0 Å². The Morgan fingerprint density at radius 3 is 2.64 bits per heavy atom. The first-order valence-corrected chi connectivity index (χ1v) is 7.02. The van der Waals surface area contributed by atoms with E-state index in [0.29, 0.717) is 12.1 Å². The number of nitrogens with zero attached hydrogens (tertiary/aromatic N) is 3. The predicted octanol–water partition coefficient (Wildman–Crippen LogP) is 2.51. The molecule has 0 saturated carbocycles. The summed E-state index contributed by atoms with van der Waals surface area (Å²) in [5, 5.41) is 7.01. The van der Waals surface area contributed by atoms with Crippen LogP contribution in [0.1, 0.15) is 21.5 Å². The summed E-state index contributed by atoms with van der Waals surface area (Å²) < 4.78 is 1.69. The lowest BCUT2D eigenvalue weighted by atomic mass is 10.1. The Kier molecular flexibility index (Phi) is 3.96. The van der Waals surface area contributed by atoms with Crippen LogP contribution >= 0.6 is 0 Å². The number of rotatable bonds is 4. The fourth-order valence-corrected chi connectivity index (χ4v) is 2.05. The largest absolute Gasteiger partial charge is 0.348 e. The second-order valence-electron chi connectivity index (χ2n) is 5.02. The van der Waals surface area contributed by atoms with Crippen molar-refractivity contribution in [2.45, 2.75) is 13.5 Å². The van der Waals surface area contributed by atoms with Gasteiger partial charge in [0.15, 0.2) is 5.82 Å². The molecule has 0 atom stereocenters. The Morgan fingerprint density at radius 2 is 2.00 bits per heavy atom. The Balaban J connectivity index is 1.61. The molecule has 3 rings (SSSR count). The molecule has 0 fully saturated rings. The fourth-order valence-electron chi connectivity index (χ4n) is 2.05. The number of hydrogen-bond acceptors (Lipinski definition) is 3. The second-order valence-corrected chi connectivity index (χ2v) is 5.02. The molecule has 0 aliphatic heterocycles. The van der Waals surface area contributed by atoms with Crippen LogP contribution in [0.5, 0.6) is 0 Å². The molecule has 0 saturated heterocycles. The molecule has 0 unspecified atom stereocenters. The summed E-state index contributed by atoms with van der Waals surface area (Å²) in [4.78, 5) is 16.4. The third-order valence-corrected chi connectivity index (χ3v) is 3.32. The van der Waals surface area contributed by atoms with Crippen molar-refractivity contribution in [1.82, 2.24) is 20.1 Å². The van der Waals surface area contributed by atoms with Crippen molar-refractivity contribution in [1.29, 1.82) is 0 Å². The zero-order valence-electron chi connectivity index (χ0n) is 12.2. The van der Waals surface area contributed by atoms with Crippen LogP contribution in [0.25, 0.3) is 5.82 Å². The molecule has 2 aromatic heterocycles. The molecule has 0 bridgehead atoms. The van der Waals surface area contributed by atoms with Gasteiger partial charge in [-0.3, -0.25) is 4.79 Å². The summed E-state index contributed by atoms with van der Waals surface area (Å²) in [6.45, 7) is 2.44. The highest BCUT2D eigenvalue weighted by Crippen LogP contribution is 2.06. The van der Waals surface area contributed by atoms with Crippen molar-refractivity contribution in [3.05, 3.63) is 77.7 Å². The normalized spacial score (nSPS) is 10.4. The van der Waals surface area contributed by atoms with E-state index in [1.54, 1.807) is 17.1 Å². The van der Waals surface area contributed by atoms with Crippen LogP contribution in [0, 0.1) is 6.92 Å². The van der Waals surface area contributed by atoms with Crippen molar-refractivity contribution < 1.29 is 4.79 Å². The number of aromatic nitrogens is 3. The molecule has 22 heavy (non-hydrogen) atoms. The SMILES string of the molecule is Cc1ccc(C(=O)NCc2ccc(-n3cccn3)nc2)cc1. The van der Waals surface area contributed by atoms with Gasteiger partial charge in [-0.15, -0.1) is 0 Å². The van der Waals surface area contributed by atoms with Crippen molar-refractivity contribution in [2.24, 2.45) is 0 Å². The Labute approximate surface area is 128 Å².